The Morgan fingerprint density at radius 3 is 2.67 bits per heavy atom. The van der Waals surface area contributed by atoms with Crippen molar-refractivity contribution < 1.29 is 23.8 Å². The number of esters is 1. The number of rotatable bonds is 8. The van der Waals surface area contributed by atoms with E-state index in [0.29, 0.717) is 11.3 Å². The Bertz CT molecular complexity index is 797. The highest BCUT2D eigenvalue weighted by atomic mass is 19.1. The van der Waals surface area contributed by atoms with Crippen molar-refractivity contribution >= 4 is 17.6 Å². The number of carbonyl (C=O) groups is 2. The molecule has 6 nitrogen and oxygen atoms in total. The molecule has 0 aliphatic carbocycles. The fourth-order valence-corrected chi connectivity index (χ4v) is 2.58. The number of hydrogen-bond donors (Lipinski definition) is 2. The number of ether oxygens (including phenoxy) is 1. The highest BCUT2D eigenvalue weighted by Gasteiger charge is 2.23. The van der Waals surface area contributed by atoms with Gasteiger partial charge in [-0.15, -0.1) is 0 Å². The van der Waals surface area contributed by atoms with E-state index >= 15 is 0 Å². The second-order valence-electron chi connectivity index (χ2n) is 6.07. The second-order valence-corrected chi connectivity index (χ2v) is 6.07. The number of amides is 1. The third kappa shape index (κ3) is 5.79. The molecular formula is C20H23FN2O4. The number of hydrogen-bond acceptors (Lipinski definition) is 5. The van der Waals surface area contributed by atoms with Gasteiger partial charge in [0.05, 0.1) is 12.2 Å². The minimum Gasteiger partial charge on any atom is -0.449 e. The van der Waals surface area contributed by atoms with Gasteiger partial charge in [-0.05, 0) is 36.8 Å². The molecule has 1 atom stereocenters. The molecule has 0 aliphatic rings. The standard InChI is InChI=1S/C20H23FN2O4/c1-14(19(25)23(2)13-15-6-5-7-16(21)12-15)27-20(26)17-8-3-4-9-18(17)22-10-11-24/h3-9,12,14,22,24H,10-11,13H2,1-2H3. The fourth-order valence-electron chi connectivity index (χ4n) is 2.58. The molecule has 0 heterocycles. The van der Waals surface area contributed by atoms with E-state index in [-0.39, 0.29) is 31.1 Å². The van der Waals surface area contributed by atoms with Crippen LogP contribution in [0.5, 0.6) is 0 Å². The van der Waals surface area contributed by atoms with Crippen LogP contribution < -0.4 is 5.32 Å². The number of nitrogens with zero attached hydrogens (tertiary/aromatic N) is 1. The minimum atomic E-state index is -0.998. The van der Waals surface area contributed by atoms with Crippen molar-refractivity contribution in [1.82, 2.24) is 4.90 Å². The Morgan fingerprint density at radius 1 is 1.22 bits per heavy atom. The summed E-state index contributed by atoms with van der Waals surface area (Å²) < 4.78 is 18.6. The van der Waals surface area contributed by atoms with Gasteiger partial charge in [0.1, 0.15) is 5.82 Å². The molecule has 7 heteroatoms. The Kier molecular flexibility index (Phi) is 7.31. The summed E-state index contributed by atoms with van der Waals surface area (Å²) in [6, 6.07) is 12.7. The van der Waals surface area contributed by atoms with Gasteiger partial charge in [-0.2, -0.15) is 0 Å². The van der Waals surface area contributed by atoms with Crippen LogP contribution in [0.2, 0.25) is 0 Å². The second kappa shape index (κ2) is 9.68. The molecule has 0 radical (unpaired) electrons. The van der Waals surface area contributed by atoms with E-state index in [1.807, 2.05) is 0 Å². The molecule has 0 bridgehead atoms. The lowest BCUT2D eigenvalue weighted by Gasteiger charge is -2.22. The summed E-state index contributed by atoms with van der Waals surface area (Å²) in [6.07, 6.45) is -0.998. The summed E-state index contributed by atoms with van der Waals surface area (Å²) in [4.78, 5) is 26.3. The Hall–Kier alpha value is -2.93. The molecule has 144 valence electrons. The smallest absolute Gasteiger partial charge is 0.341 e. The molecule has 2 aromatic carbocycles. The molecular weight excluding hydrogens is 351 g/mol. The van der Waals surface area contributed by atoms with Crippen molar-refractivity contribution in [3.8, 4) is 0 Å². The normalized spacial score (nSPS) is 11.6. The molecule has 0 spiro atoms. The first-order valence-corrected chi connectivity index (χ1v) is 8.56. The highest BCUT2D eigenvalue weighted by molar-refractivity contribution is 5.97. The zero-order valence-electron chi connectivity index (χ0n) is 15.3. The first-order valence-electron chi connectivity index (χ1n) is 8.56. The molecule has 2 aromatic rings. The first-order chi connectivity index (χ1) is 12.9. The maximum atomic E-state index is 13.3. The molecule has 0 aromatic heterocycles. The van der Waals surface area contributed by atoms with Crippen molar-refractivity contribution in [3.05, 3.63) is 65.5 Å². The highest BCUT2D eigenvalue weighted by Crippen LogP contribution is 2.17. The van der Waals surface area contributed by atoms with Crippen LogP contribution in [0.3, 0.4) is 0 Å². The van der Waals surface area contributed by atoms with Crippen LogP contribution in [0, 0.1) is 5.82 Å². The Balaban J connectivity index is 2.00. The lowest BCUT2D eigenvalue weighted by molar-refractivity contribution is -0.139. The maximum Gasteiger partial charge on any atom is 0.341 e. The Labute approximate surface area is 157 Å². The summed E-state index contributed by atoms with van der Waals surface area (Å²) in [5, 5.41) is 11.8. The SMILES string of the molecule is CC(OC(=O)c1ccccc1NCCO)C(=O)N(C)Cc1cccc(F)c1. The average molecular weight is 374 g/mol. The number of aliphatic hydroxyl groups excluding tert-OH is 1. The van der Waals surface area contributed by atoms with Crippen LogP contribution >= 0.6 is 0 Å². The van der Waals surface area contributed by atoms with E-state index in [9.17, 15) is 14.0 Å². The number of carbonyl (C=O) groups excluding carboxylic acids is 2. The number of likely N-dealkylation sites (N-methyl/N-ethyl adjacent to an activating group) is 1. The van der Waals surface area contributed by atoms with Crippen molar-refractivity contribution in [2.45, 2.75) is 19.6 Å². The van der Waals surface area contributed by atoms with Gasteiger partial charge in [-0.25, -0.2) is 9.18 Å². The van der Waals surface area contributed by atoms with Gasteiger partial charge in [0.2, 0.25) is 0 Å². The number of aliphatic hydroxyl groups is 1. The van der Waals surface area contributed by atoms with Gasteiger partial charge < -0.3 is 20.1 Å². The topological polar surface area (TPSA) is 78.9 Å². The van der Waals surface area contributed by atoms with Crippen molar-refractivity contribution in [3.63, 3.8) is 0 Å². The summed E-state index contributed by atoms with van der Waals surface area (Å²) in [5.74, 6) is -1.41. The Morgan fingerprint density at radius 2 is 1.96 bits per heavy atom. The van der Waals surface area contributed by atoms with Crippen LogP contribution in [0.25, 0.3) is 0 Å². The van der Waals surface area contributed by atoms with Crippen molar-refractivity contribution in [2.75, 3.05) is 25.5 Å². The van der Waals surface area contributed by atoms with E-state index in [4.69, 9.17) is 9.84 Å². The zero-order valence-corrected chi connectivity index (χ0v) is 15.3. The van der Waals surface area contributed by atoms with Gasteiger partial charge >= 0.3 is 5.97 Å². The maximum absolute atomic E-state index is 13.3. The molecule has 2 rings (SSSR count). The molecule has 0 aliphatic heterocycles. The molecule has 0 saturated heterocycles. The van der Waals surface area contributed by atoms with E-state index in [1.54, 1.807) is 43.4 Å². The largest absolute Gasteiger partial charge is 0.449 e. The summed E-state index contributed by atoms with van der Waals surface area (Å²) >= 11 is 0. The van der Waals surface area contributed by atoms with Gasteiger partial charge in [-0.3, -0.25) is 4.79 Å². The van der Waals surface area contributed by atoms with Crippen LogP contribution in [-0.4, -0.2) is 48.2 Å². The third-order valence-electron chi connectivity index (χ3n) is 3.89. The van der Waals surface area contributed by atoms with E-state index in [2.05, 4.69) is 5.32 Å². The third-order valence-corrected chi connectivity index (χ3v) is 3.89. The summed E-state index contributed by atoms with van der Waals surface area (Å²) in [7, 11) is 1.56. The summed E-state index contributed by atoms with van der Waals surface area (Å²) in [6.45, 7) is 1.90. The van der Waals surface area contributed by atoms with Gasteiger partial charge in [0.25, 0.3) is 5.91 Å². The van der Waals surface area contributed by atoms with Crippen LogP contribution in [0.1, 0.15) is 22.8 Å². The van der Waals surface area contributed by atoms with Crippen LogP contribution in [-0.2, 0) is 16.1 Å². The van der Waals surface area contributed by atoms with E-state index in [1.165, 1.54) is 24.0 Å². The first kappa shape index (κ1) is 20.4. The van der Waals surface area contributed by atoms with E-state index < -0.39 is 18.0 Å². The lowest BCUT2D eigenvalue weighted by atomic mass is 10.1. The quantitative estimate of drug-likeness (QED) is 0.694. The van der Waals surface area contributed by atoms with Gasteiger partial charge in [0, 0.05) is 25.8 Å². The molecule has 27 heavy (non-hydrogen) atoms. The van der Waals surface area contributed by atoms with Gasteiger partial charge in [0.15, 0.2) is 6.10 Å². The molecule has 0 saturated carbocycles. The molecule has 1 amide bonds. The fraction of sp³-hybridized carbons (Fsp3) is 0.300. The lowest BCUT2D eigenvalue weighted by Crippen LogP contribution is -2.37. The van der Waals surface area contributed by atoms with Crippen LogP contribution in [0.4, 0.5) is 10.1 Å². The zero-order chi connectivity index (χ0) is 19.8. The van der Waals surface area contributed by atoms with E-state index in [0.717, 1.165) is 0 Å². The monoisotopic (exact) mass is 374 g/mol. The molecule has 1 unspecified atom stereocenters. The van der Waals surface area contributed by atoms with Crippen molar-refractivity contribution in [1.29, 1.82) is 0 Å². The number of nitrogens with one attached hydrogen (secondary N) is 1. The summed E-state index contributed by atoms with van der Waals surface area (Å²) in [5.41, 5.74) is 1.44. The van der Waals surface area contributed by atoms with Crippen molar-refractivity contribution in [2.24, 2.45) is 0 Å². The number of benzene rings is 2. The minimum absolute atomic E-state index is 0.0802. The van der Waals surface area contributed by atoms with Gasteiger partial charge in [-0.1, -0.05) is 24.3 Å². The predicted octanol–water partition coefficient (Wildman–Crippen LogP) is 2.43. The van der Waals surface area contributed by atoms with Crippen LogP contribution in [0.15, 0.2) is 48.5 Å². The average Bonchev–Trinajstić information content (AvgIpc) is 2.65. The predicted molar refractivity (Wildman–Crippen MR) is 99.8 cm³/mol. The number of halogens is 1. The molecule has 0 fully saturated rings. The molecule has 2 N–H and O–H groups in total. The number of para-hydroxylation sites is 1. The number of anilines is 1.